The van der Waals surface area contributed by atoms with Crippen molar-refractivity contribution in [1.29, 1.82) is 0 Å². The number of nitrogens with zero attached hydrogens (tertiary/aromatic N) is 3. The van der Waals surface area contributed by atoms with Crippen LogP contribution in [0.25, 0.3) is 0 Å². The van der Waals surface area contributed by atoms with Gasteiger partial charge in [0.25, 0.3) is 0 Å². The van der Waals surface area contributed by atoms with Crippen molar-refractivity contribution in [1.82, 2.24) is 14.7 Å². The van der Waals surface area contributed by atoms with Crippen LogP contribution in [0.3, 0.4) is 0 Å². The van der Waals surface area contributed by atoms with Crippen molar-refractivity contribution >= 4 is 27.8 Å². The first kappa shape index (κ1) is 24.0. The molecule has 2 heterocycles. The van der Waals surface area contributed by atoms with Gasteiger partial charge in [-0.25, -0.2) is 0 Å². The van der Waals surface area contributed by atoms with Crippen molar-refractivity contribution in [3.63, 3.8) is 0 Å². The average Bonchev–Trinajstić information content (AvgIpc) is 2.76. The number of hydrogen-bond donors (Lipinski definition) is 1. The molecule has 7 nitrogen and oxygen atoms in total. The summed E-state index contributed by atoms with van der Waals surface area (Å²) < 4.78 is 5.70. The summed E-state index contributed by atoms with van der Waals surface area (Å²) in [4.78, 5) is 31.3. The number of carbonyl (C=O) groups is 2. The lowest BCUT2D eigenvalue weighted by molar-refractivity contribution is -0.144. The summed E-state index contributed by atoms with van der Waals surface area (Å²) in [6, 6.07) is 5.93. The van der Waals surface area contributed by atoms with E-state index in [-0.39, 0.29) is 23.5 Å². The molecule has 1 aromatic carbocycles. The molecule has 2 fully saturated rings. The number of amides is 1. The average molecular weight is 496 g/mol. The molecule has 1 atom stereocenters. The molecule has 0 saturated carbocycles. The number of ether oxygens (including phenoxy) is 1. The fourth-order valence-electron chi connectivity index (χ4n) is 4.56. The van der Waals surface area contributed by atoms with E-state index in [2.05, 4.69) is 25.7 Å². The number of halogens is 1. The third kappa shape index (κ3) is 6.67. The number of piperidine rings is 1. The van der Waals surface area contributed by atoms with Gasteiger partial charge in [-0.1, -0.05) is 13.0 Å². The Hall–Kier alpha value is -1.64. The largest absolute Gasteiger partial charge is 0.507 e. The molecule has 1 amide bonds. The Morgan fingerprint density at radius 3 is 2.45 bits per heavy atom. The topological polar surface area (TPSA) is 73.3 Å². The Bertz CT molecular complexity index is 759. The number of esters is 1. The maximum absolute atomic E-state index is 12.9. The van der Waals surface area contributed by atoms with Crippen LogP contribution in [0, 0.1) is 5.92 Å². The molecule has 0 bridgehead atoms. The van der Waals surface area contributed by atoms with Gasteiger partial charge in [-0.05, 0) is 59.8 Å². The standard InChI is InChI=1S/C23H34BrN3O4/c1-3-31-22(29)16-25-10-12-26(13-11-25)19-6-8-27(9-7-19)23(30)17(2)14-18-4-5-21(28)20(24)15-18/h4-5,15,17,19,28H,3,6-14,16H2,1-2H3/t17-/m1/s1. The number of likely N-dealkylation sites (tertiary alicyclic amines) is 1. The number of rotatable bonds is 7. The van der Waals surface area contributed by atoms with Crippen LogP contribution in [0.2, 0.25) is 0 Å². The zero-order valence-corrected chi connectivity index (χ0v) is 20.1. The summed E-state index contributed by atoms with van der Waals surface area (Å²) in [5.74, 6) is 0.199. The Morgan fingerprint density at radius 1 is 1.16 bits per heavy atom. The van der Waals surface area contributed by atoms with E-state index in [9.17, 15) is 14.7 Å². The van der Waals surface area contributed by atoms with Crippen molar-refractivity contribution in [2.45, 2.75) is 39.2 Å². The van der Waals surface area contributed by atoms with E-state index >= 15 is 0 Å². The highest BCUT2D eigenvalue weighted by Gasteiger charge is 2.31. The van der Waals surface area contributed by atoms with Crippen molar-refractivity contribution in [3.8, 4) is 5.75 Å². The zero-order valence-electron chi connectivity index (χ0n) is 18.6. The number of aromatic hydroxyl groups is 1. The van der Waals surface area contributed by atoms with Gasteiger partial charge in [-0.3, -0.25) is 19.4 Å². The molecule has 2 aliphatic heterocycles. The second-order valence-corrected chi connectivity index (χ2v) is 9.42. The summed E-state index contributed by atoms with van der Waals surface area (Å²) in [6.07, 6.45) is 2.67. The molecule has 1 aromatic rings. The maximum Gasteiger partial charge on any atom is 0.320 e. The van der Waals surface area contributed by atoms with Gasteiger partial charge in [0.15, 0.2) is 0 Å². The molecular weight excluding hydrogens is 462 g/mol. The molecule has 3 rings (SSSR count). The first-order valence-electron chi connectivity index (χ1n) is 11.3. The molecule has 0 radical (unpaired) electrons. The van der Waals surface area contributed by atoms with Gasteiger partial charge in [0, 0.05) is 51.2 Å². The summed E-state index contributed by atoms with van der Waals surface area (Å²) in [6.45, 7) is 9.93. The molecular formula is C23H34BrN3O4. The van der Waals surface area contributed by atoms with Gasteiger partial charge in [0.2, 0.25) is 5.91 Å². The summed E-state index contributed by atoms with van der Waals surface area (Å²) in [7, 11) is 0. The summed E-state index contributed by atoms with van der Waals surface area (Å²) in [5.41, 5.74) is 1.04. The van der Waals surface area contributed by atoms with E-state index in [0.717, 1.165) is 57.7 Å². The minimum atomic E-state index is -0.142. The third-order valence-corrected chi connectivity index (χ3v) is 6.97. The minimum absolute atomic E-state index is 0.0839. The van der Waals surface area contributed by atoms with Gasteiger partial charge in [-0.2, -0.15) is 0 Å². The zero-order chi connectivity index (χ0) is 22.4. The normalized spacial score (nSPS) is 19.9. The highest BCUT2D eigenvalue weighted by atomic mass is 79.9. The molecule has 2 aliphatic rings. The lowest BCUT2D eigenvalue weighted by atomic mass is 9.97. The van der Waals surface area contributed by atoms with Gasteiger partial charge in [0.05, 0.1) is 17.6 Å². The lowest BCUT2D eigenvalue weighted by Gasteiger charge is -2.43. The minimum Gasteiger partial charge on any atom is -0.507 e. The predicted molar refractivity (Wildman–Crippen MR) is 123 cm³/mol. The van der Waals surface area contributed by atoms with Crippen LogP contribution in [0.5, 0.6) is 5.75 Å². The van der Waals surface area contributed by atoms with Crippen LogP contribution in [-0.2, 0) is 20.7 Å². The van der Waals surface area contributed by atoms with Crippen molar-refractivity contribution < 1.29 is 19.4 Å². The smallest absolute Gasteiger partial charge is 0.320 e. The summed E-state index contributed by atoms with van der Waals surface area (Å²) >= 11 is 3.34. The Labute approximate surface area is 193 Å². The number of phenols is 1. The first-order valence-corrected chi connectivity index (χ1v) is 12.0. The van der Waals surface area contributed by atoms with E-state index < -0.39 is 0 Å². The number of carbonyl (C=O) groups excluding carboxylic acids is 2. The molecule has 0 aliphatic carbocycles. The van der Waals surface area contributed by atoms with Crippen LogP contribution >= 0.6 is 15.9 Å². The highest BCUT2D eigenvalue weighted by Crippen LogP contribution is 2.26. The fourth-order valence-corrected chi connectivity index (χ4v) is 4.98. The molecule has 2 saturated heterocycles. The van der Waals surface area contributed by atoms with Gasteiger partial charge >= 0.3 is 5.97 Å². The van der Waals surface area contributed by atoms with Crippen molar-refractivity contribution in [2.24, 2.45) is 5.92 Å². The van der Waals surface area contributed by atoms with Crippen LogP contribution in [0.1, 0.15) is 32.3 Å². The van der Waals surface area contributed by atoms with Crippen LogP contribution in [-0.4, -0.2) is 90.1 Å². The molecule has 31 heavy (non-hydrogen) atoms. The monoisotopic (exact) mass is 495 g/mol. The van der Waals surface area contributed by atoms with E-state index in [4.69, 9.17) is 4.74 Å². The predicted octanol–water partition coefficient (Wildman–Crippen LogP) is 2.51. The second-order valence-electron chi connectivity index (χ2n) is 8.56. The first-order chi connectivity index (χ1) is 14.9. The number of phenolic OH excluding ortho intramolecular Hbond substituents is 1. The van der Waals surface area contributed by atoms with Crippen LogP contribution in [0.15, 0.2) is 22.7 Å². The van der Waals surface area contributed by atoms with E-state index in [1.54, 1.807) is 6.07 Å². The maximum atomic E-state index is 12.9. The SMILES string of the molecule is CCOC(=O)CN1CCN(C2CCN(C(=O)[C@H](C)Cc3ccc(O)c(Br)c3)CC2)CC1. The molecule has 0 aromatic heterocycles. The number of hydrogen-bond acceptors (Lipinski definition) is 6. The molecule has 0 spiro atoms. The second kappa shape index (κ2) is 11.3. The van der Waals surface area contributed by atoms with Gasteiger partial charge < -0.3 is 14.7 Å². The van der Waals surface area contributed by atoms with Crippen LogP contribution in [0.4, 0.5) is 0 Å². The van der Waals surface area contributed by atoms with E-state index in [1.165, 1.54) is 0 Å². The van der Waals surface area contributed by atoms with Crippen molar-refractivity contribution in [2.75, 3.05) is 52.4 Å². The van der Waals surface area contributed by atoms with Gasteiger partial charge in [-0.15, -0.1) is 0 Å². The lowest BCUT2D eigenvalue weighted by Crippen LogP contribution is -2.54. The van der Waals surface area contributed by atoms with Crippen molar-refractivity contribution in [3.05, 3.63) is 28.2 Å². The van der Waals surface area contributed by atoms with E-state index in [0.29, 0.717) is 30.1 Å². The fraction of sp³-hybridized carbons (Fsp3) is 0.652. The van der Waals surface area contributed by atoms with E-state index in [1.807, 2.05) is 30.9 Å². The van der Waals surface area contributed by atoms with Crippen LogP contribution < -0.4 is 0 Å². The Morgan fingerprint density at radius 2 is 1.84 bits per heavy atom. The molecule has 8 heteroatoms. The molecule has 0 unspecified atom stereocenters. The molecule has 172 valence electrons. The number of piperazine rings is 1. The summed E-state index contributed by atoms with van der Waals surface area (Å²) in [5, 5.41) is 9.65. The highest BCUT2D eigenvalue weighted by molar-refractivity contribution is 9.10. The Kier molecular flexibility index (Phi) is 8.75. The quantitative estimate of drug-likeness (QED) is 0.585. The molecule has 1 N–H and O–H groups in total. The third-order valence-electron chi connectivity index (χ3n) is 6.33. The van der Waals surface area contributed by atoms with Gasteiger partial charge in [0.1, 0.15) is 5.75 Å². The Balaban J connectivity index is 1.41. The number of benzene rings is 1.